The standard InChI is InChI=1S/C13H16F2N2O/c1-8-5-9(16)7-17(6-8)13(18)12-10(14)3-2-4-11(12)15/h2-4,8-9H,5-7,16H2,1H3. The molecule has 1 aromatic rings. The number of carbonyl (C=O) groups is 1. The lowest BCUT2D eigenvalue weighted by atomic mass is 9.96. The van der Waals surface area contributed by atoms with Gasteiger partial charge in [0.15, 0.2) is 0 Å². The summed E-state index contributed by atoms with van der Waals surface area (Å²) in [6.07, 6.45) is 0.823. The molecule has 1 fully saturated rings. The Bertz CT molecular complexity index is 434. The zero-order valence-electron chi connectivity index (χ0n) is 10.2. The number of likely N-dealkylation sites (tertiary alicyclic amines) is 1. The molecule has 0 spiro atoms. The summed E-state index contributed by atoms with van der Waals surface area (Å²) in [5, 5.41) is 0. The molecule has 1 aliphatic heterocycles. The monoisotopic (exact) mass is 254 g/mol. The minimum Gasteiger partial charge on any atom is -0.337 e. The third kappa shape index (κ3) is 2.51. The second-order valence-electron chi connectivity index (χ2n) is 4.91. The average molecular weight is 254 g/mol. The predicted molar refractivity (Wildman–Crippen MR) is 64.0 cm³/mol. The Hall–Kier alpha value is -1.49. The average Bonchev–Trinajstić information content (AvgIpc) is 2.27. The van der Waals surface area contributed by atoms with Gasteiger partial charge >= 0.3 is 0 Å². The summed E-state index contributed by atoms with van der Waals surface area (Å²) < 4.78 is 27.1. The van der Waals surface area contributed by atoms with Crippen molar-refractivity contribution in [3.05, 3.63) is 35.4 Å². The van der Waals surface area contributed by atoms with Crippen LogP contribution in [-0.4, -0.2) is 29.9 Å². The smallest absolute Gasteiger partial charge is 0.259 e. The maximum absolute atomic E-state index is 13.5. The van der Waals surface area contributed by atoms with Crippen molar-refractivity contribution in [2.75, 3.05) is 13.1 Å². The first-order chi connectivity index (χ1) is 8.49. The van der Waals surface area contributed by atoms with E-state index in [0.29, 0.717) is 13.1 Å². The molecule has 0 bridgehead atoms. The predicted octanol–water partition coefficient (Wildman–Crippen LogP) is 1.77. The third-order valence-electron chi connectivity index (χ3n) is 3.16. The summed E-state index contributed by atoms with van der Waals surface area (Å²) in [6, 6.07) is 3.28. The number of piperidine rings is 1. The van der Waals surface area contributed by atoms with E-state index in [1.54, 1.807) is 0 Å². The molecule has 1 saturated heterocycles. The van der Waals surface area contributed by atoms with Gasteiger partial charge in [0.1, 0.15) is 17.2 Å². The number of nitrogens with zero attached hydrogens (tertiary/aromatic N) is 1. The number of carbonyl (C=O) groups excluding carboxylic acids is 1. The molecule has 1 amide bonds. The quantitative estimate of drug-likeness (QED) is 0.830. The maximum Gasteiger partial charge on any atom is 0.259 e. The van der Waals surface area contributed by atoms with Gasteiger partial charge in [0.2, 0.25) is 0 Å². The summed E-state index contributed by atoms with van der Waals surface area (Å²) in [4.78, 5) is 13.6. The topological polar surface area (TPSA) is 46.3 Å². The summed E-state index contributed by atoms with van der Waals surface area (Å²) in [7, 11) is 0. The SMILES string of the molecule is CC1CC(N)CN(C(=O)c2c(F)cccc2F)C1. The lowest BCUT2D eigenvalue weighted by molar-refractivity contribution is 0.0651. The van der Waals surface area contributed by atoms with Gasteiger partial charge in [-0.3, -0.25) is 4.79 Å². The zero-order chi connectivity index (χ0) is 13.3. The van der Waals surface area contributed by atoms with Crippen molar-refractivity contribution in [2.24, 2.45) is 11.7 Å². The van der Waals surface area contributed by atoms with Gasteiger partial charge < -0.3 is 10.6 Å². The highest BCUT2D eigenvalue weighted by atomic mass is 19.1. The van der Waals surface area contributed by atoms with Crippen LogP contribution >= 0.6 is 0 Å². The van der Waals surface area contributed by atoms with Crippen molar-refractivity contribution >= 4 is 5.91 Å². The molecule has 0 saturated carbocycles. The first-order valence-electron chi connectivity index (χ1n) is 5.98. The molecule has 3 nitrogen and oxygen atoms in total. The van der Waals surface area contributed by atoms with Crippen molar-refractivity contribution in [3.8, 4) is 0 Å². The van der Waals surface area contributed by atoms with E-state index in [9.17, 15) is 13.6 Å². The van der Waals surface area contributed by atoms with Crippen LogP contribution in [0.15, 0.2) is 18.2 Å². The number of hydrogen-bond acceptors (Lipinski definition) is 2. The summed E-state index contributed by atoms with van der Waals surface area (Å²) >= 11 is 0. The molecular formula is C13H16F2N2O. The lowest BCUT2D eigenvalue weighted by Gasteiger charge is -2.34. The first-order valence-corrected chi connectivity index (χ1v) is 5.98. The van der Waals surface area contributed by atoms with E-state index in [0.717, 1.165) is 18.6 Å². The van der Waals surface area contributed by atoms with Gasteiger partial charge in [-0.15, -0.1) is 0 Å². The Balaban J connectivity index is 2.26. The van der Waals surface area contributed by atoms with Crippen LogP contribution in [0, 0.1) is 17.6 Å². The fourth-order valence-corrected chi connectivity index (χ4v) is 2.43. The number of halogens is 2. The highest BCUT2D eigenvalue weighted by molar-refractivity contribution is 5.94. The number of rotatable bonds is 1. The van der Waals surface area contributed by atoms with E-state index in [-0.39, 0.29) is 12.0 Å². The largest absolute Gasteiger partial charge is 0.337 e. The van der Waals surface area contributed by atoms with Crippen molar-refractivity contribution in [1.82, 2.24) is 4.90 Å². The van der Waals surface area contributed by atoms with Gasteiger partial charge in [-0.25, -0.2) is 8.78 Å². The van der Waals surface area contributed by atoms with E-state index < -0.39 is 23.1 Å². The van der Waals surface area contributed by atoms with Gasteiger partial charge in [-0.1, -0.05) is 13.0 Å². The van der Waals surface area contributed by atoms with E-state index in [1.807, 2.05) is 6.92 Å². The fraction of sp³-hybridized carbons (Fsp3) is 0.462. The Morgan fingerprint density at radius 1 is 1.33 bits per heavy atom. The van der Waals surface area contributed by atoms with E-state index in [4.69, 9.17) is 5.73 Å². The molecule has 1 aliphatic rings. The molecule has 1 aromatic carbocycles. The molecule has 98 valence electrons. The van der Waals surface area contributed by atoms with Crippen LogP contribution in [0.1, 0.15) is 23.7 Å². The second-order valence-corrected chi connectivity index (χ2v) is 4.91. The second kappa shape index (κ2) is 5.02. The highest BCUT2D eigenvalue weighted by Crippen LogP contribution is 2.20. The molecule has 1 heterocycles. The third-order valence-corrected chi connectivity index (χ3v) is 3.16. The van der Waals surface area contributed by atoms with Gasteiger partial charge in [-0.2, -0.15) is 0 Å². The molecule has 2 atom stereocenters. The number of nitrogens with two attached hydrogens (primary N) is 1. The Morgan fingerprint density at radius 3 is 2.50 bits per heavy atom. The van der Waals surface area contributed by atoms with Crippen LogP contribution in [0.5, 0.6) is 0 Å². The van der Waals surface area contributed by atoms with E-state index in [2.05, 4.69) is 0 Å². The van der Waals surface area contributed by atoms with Crippen LogP contribution in [0.25, 0.3) is 0 Å². The molecular weight excluding hydrogens is 238 g/mol. The highest BCUT2D eigenvalue weighted by Gasteiger charge is 2.29. The van der Waals surface area contributed by atoms with E-state index in [1.165, 1.54) is 11.0 Å². The summed E-state index contributed by atoms with van der Waals surface area (Å²) in [5.74, 6) is -2.03. The van der Waals surface area contributed by atoms with Gasteiger partial charge in [0, 0.05) is 19.1 Å². The van der Waals surface area contributed by atoms with Crippen LogP contribution in [0.3, 0.4) is 0 Å². The maximum atomic E-state index is 13.5. The molecule has 0 aromatic heterocycles. The van der Waals surface area contributed by atoms with Gasteiger partial charge in [0.25, 0.3) is 5.91 Å². The summed E-state index contributed by atoms with van der Waals surface area (Å²) in [5.41, 5.74) is 5.34. The minimum atomic E-state index is -0.827. The molecule has 2 rings (SSSR count). The van der Waals surface area contributed by atoms with Crippen LogP contribution in [0.4, 0.5) is 8.78 Å². The van der Waals surface area contributed by atoms with Crippen molar-refractivity contribution in [1.29, 1.82) is 0 Å². The number of amides is 1. The van der Waals surface area contributed by atoms with Gasteiger partial charge in [-0.05, 0) is 24.5 Å². The first kappa shape index (κ1) is 13.0. The normalized spacial score (nSPS) is 24.1. The van der Waals surface area contributed by atoms with Crippen LogP contribution in [-0.2, 0) is 0 Å². The molecule has 0 radical (unpaired) electrons. The van der Waals surface area contributed by atoms with E-state index >= 15 is 0 Å². The number of benzene rings is 1. The molecule has 0 aliphatic carbocycles. The van der Waals surface area contributed by atoms with Crippen molar-refractivity contribution < 1.29 is 13.6 Å². The van der Waals surface area contributed by atoms with Crippen molar-refractivity contribution in [2.45, 2.75) is 19.4 Å². The van der Waals surface area contributed by atoms with Gasteiger partial charge in [0.05, 0.1) is 0 Å². The molecule has 2 N–H and O–H groups in total. The Morgan fingerprint density at radius 2 is 1.94 bits per heavy atom. The summed E-state index contributed by atoms with van der Waals surface area (Å²) in [6.45, 7) is 2.80. The molecule has 2 unspecified atom stereocenters. The van der Waals surface area contributed by atoms with Crippen LogP contribution in [0.2, 0.25) is 0 Å². The zero-order valence-corrected chi connectivity index (χ0v) is 10.2. The Labute approximate surface area is 105 Å². The number of hydrogen-bond donors (Lipinski definition) is 1. The molecule has 18 heavy (non-hydrogen) atoms. The minimum absolute atomic E-state index is 0.132. The molecule has 5 heteroatoms. The fourth-order valence-electron chi connectivity index (χ4n) is 2.43. The lowest BCUT2D eigenvalue weighted by Crippen LogP contribution is -2.49. The Kier molecular flexibility index (Phi) is 3.61. The van der Waals surface area contributed by atoms with Crippen molar-refractivity contribution in [3.63, 3.8) is 0 Å². The van der Waals surface area contributed by atoms with Crippen LogP contribution < -0.4 is 5.73 Å².